The highest BCUT2D eigenvalue weighted by atomic mass is 32.2. The first-order valence-electron chi connectivity index (χ1n) is 5.51. The van der Waals surface area contributed by atoms with Crippen molar-refractivity contribution < 1.29 is 4.39 Å². The summed E-state index contributed by atoms with van der Waals surface area (Å²) in [5.74, 6) is 0.912. The highest BCUT2D eigenvalue weighted by molar-refractivity contribution is 7.98. The quantitative estimate of drug-likeness (QED) is 0.871. The van der Waals surface area contributed by atoms with Crippen LogP contribution in [0.1, 0.15) is 17.1 Å². The molecule has 19 heavy (non-hydrogen) atoms. The van der Waals surface area contributed by atoms with Gasteiger partial charge in [-0.25, -0.2) is 14.4 Å². The van der Waals surface area contributed by atoms with Gasteiger partial charge in [0.1, 0.15) is 29.1 Å². The summed E-state index contributed by atoms with van der Waals surface area (Å²) in [7, 11) is 0. The van der Waals surface area contributed by atoms with Crippen molar-refractivity contribution >= 4 is 17.6 Å². The molecular formula is C13H11FN4S. The molecule has 0 fully saturated rings. The minimum atomic E-state index is -0.276. The number of halogens is 1. The Morgan fingerprint density at radius 2 is 2.21 bits per heavy atom. The molecule has 0 aliphatic heterocycles. The van der Waals surface area contributed by atoms with Crippen molar-refractivity contribution in [3.8, 4) is 6.07 Å². The maximum atomic E-state index is 13.0. The summed E-state index contributed by atoms with van der Waals surface area (Å²) in [6.45, 7) is 1.72. The van der Waals surface area contributed by atoms with Crippen molar-refractivity contribution in [3.05, 3.63) is 47.2 Å². The van der Waals surface area contributed by atoms with E-state index in [-0.39, 0.29) is 11.6 Å². The maximum Gasteiger partial charge on any atom is 0.145 e. The molecule has 0 spiro atoms. The smallest absolute Gasteiger partial charge is 0.145 e. The number of thioether (sulfide) groups is 1. The number of nitrogens with zero attached hydrogens (tertiary/aromatic N) is 3. The average molecular weight is 274 g/mol. The number of benzene rings is 1. The summed E-state index contributed by atoms with van der Waals surface area (Å²) in [6, 6.07) is 8.27. The predicted molar refractivity (Wildman–Crippen MR) is 71.9 cm³/mol. The molecule has 1 aromatic carbocycles. The molecule has 6 heteroatoms. The van der Waals surface area contributed by atoms with E-state index in [0.29, 0.717) is 22.8 Å². The Kier molecular flexibility index (Phi) is 3.97. The zero-order valence-electron chi connectivity index (χ0n) is 10.2. The van der Waals surface area contributed by atoms with Crippen molar-refractivity contribution in [2.75, 3.05) is 5.73 Å². The van der Waals surface area contributed by atoms with E-state index in [4.69, 9.17) is 11.0 Å². The van der Waals surface area contributed by atoms with Gasteiger partial charge in [-0.15, -0.1) is 11.8 Å². The first-order chi connectivity index (χ1) is 9.10. The average Bonchev–Trinajstić information content (AvgIpc) is 2.36. The van der Waals surface area contributed by atoms with Crippen LogP contribution < -0.4 is 5.73 Å². The van der Waals surface area contributed by atoms with Crippen LogP contribution in [0.5, 0.6) is 0 Å². The Morgan fingerprint density at radius 3 is 2.84 bits per heavy atom. The number of hydrogen-bond acceptors (Lipinski definition) is 5. The minimum absolute atomic E-state index is 0.185. The van der Waals surface area contributed by atoms with Gasteiger partial charge < -0.3 is 5.73 Å². The Morgan fingerprint density at radius 1 is 1.42 bits per heavy atom. The molecule has 0 aliphatic rings. The van der Waals surface area contributed by atoms with Crippen LogP contribution in [0.2, 0.25) is 0 Å². The first kappa shape index (κ1) is 13.3. The van der Waals surface area contributed by atoms with Gasteiger partial charge in [-0.3, -0.25) is 0 Å². The van der Waals surface area contributed by atoms with Crippen LogP contribution in [-0.4, -0.2) is 9.97 Å². The molecular weight excluding hydrogens is 263 g/mol. The lowest BCUT2D eigenvalue weighted by Gasteiger charge is -2.05. The lowest BCUT2D eigenvalue weighted by atomic mass is 10.2. The molecule has 0 saturated carbocycles. The number of nitriles is 1. The number of nitrogen functional groups attached to an aromatic ring is 1. The molecule has 0 amide bonds. The zero-order chi connectivity index (χ0) is 13.8. The zero-order valence-corrected chi connectivity index (χ0v) is 11.0. The fourth-order valence-electron chi connectivity index (χ4n) is 1.56. The summed E-state index contributed by atoms with van der Waals surface area (Å²) < 4.78 is 13.0. The van der Waals surface area contributed by atoms with Crippen LogP contribution in [0.3, 0.4) is 0 Å². The molecule has 1 heterocycles. The lowest BCUT2D eigenvalue weighted by molar-refractivity contribution is 0.624. The van der Waals surface area contributed by atoms with Crippen molar-refractivity contribution in [1.29, 1.82) is 5.26 Å². The van der Waals surface area contributed by atoms with Crippen LogP contribution in [-0.2, 0) is 5.75 Å². The van der Waals surface area contributed by atoms with Gasteiger partial charge in [0.05, 0.1) is 11.4 Å². The summed E-state index contributed by atoms with van der Waals surface area (Å²) >= 11 is 1.42. The summed E-state index contributed by atoms with van der Waals surface area (Å²) in [5.41, 5.74) is 6.55. The van der Waals surface area contributed by atoms with E-state index in [2.05, 4.69) is 9.97 Å². The van der Waals surface area contributed by atoms with Crippen LogP contribution in [0.15, 0.2) is 29.2 Å². The number of aryl methyl sites for hydroxylation is 1. The molecule has 0 unspecified atom stereocenters. The van der Waals surface area contributed by atoms with Gasteiger partial charge in [0.2, 0.25) is 0 Å². The number of hydrogen-bond donors (Lipinski definition) is 1. The van der Waals surface area contributed by atoms with Crippen LogP contribution in [0, 0.1) is 24.1 Å². The van der Waals surface area contributed by atoms with Crippen LogP contribution in [0.25, 0.3) is 0 Å². The summed E-state index contributed by atoms with van der Waals surface area (Å²) in [4.78, 5) is 9.08. The monoisotopic (exact) mass is 274 g/mol. The van der Waals surface area contributed by atoms with Gasteiger partial charge in [-0.05, 0) is 25.1 Å². The molecule has 4 nitrogen and oxygen atoms in total. The van der Waals surface area contributed by atoms with Gasteiger partial charge >= 0.3 is 0 Å². The lowest BCUT2D eigenvalue weighted by Crippen LogP contribution is -2.04. The van der Waals surface area contributed by atoms with Crippen molar-refractivity contribution in [3.63, 3.8) is 0 Å². The van der Waals surface area contributed by atoms with E-state index in [1.165, 1.54) is 23.9 Å². The Balaban J connectivity index is 2.15. The molecule has 2 N–H and O–H groups in total. The molecule has 0 atom stereocenters. The number of rotatable bonds is 3. The van der Waals surface area contributed by atoms with Gasteiger partial charge in [-0.2, -0.15) is 5.26 Å². The maximum absolute atomic E-state index is 13.0. The van der Waals surface area contributed by atoms with Gasteiger partial charge in [0.25, 0.3) is 0 Å². The number of aromatic nitrogens is 2. The highest BCUT2D eigenvalue weighted by Gasteiger charge is 2.09. The van der Waals surface area contributed by atoms with E-state index in [9.17, 15) is 4.39 Å². The van der Waals surface area contributed by atoms with Crippen molar-refractivity contribution in [2.45, 2.75) is 17.6 Å². The molecule has 0 saturated heterocycles. The Labute approximate surface area is 114 Å². The van der Waals surface area contributed by atoms with Gasteiger partial charge in [-0.1, -0.05) is 6.07 Å². The van der Waals surface area contributed by atoms with E-state index in [1.54, 1.807) is 13.0 Å². The Hall–Kier alpha value is -2.13. The number of anilines is 1. The Bertz CT molecular complexity index is 628. The van der Waals surface area contributed by atoms with Crippen LogP contribution in [0.4, 0.5) is 10.2 Å². The first-order valence-corrected chi connectivity index (χ1v) is 6.50. The molecule has 0 radical (unpaired) electrons. The molecule has 2 rings (SSSR count). The fraction of sp³-hybridized carbons (Fsp3) is 0.154. The minimum Gasteiger partial charge on any atom is -0.382 e. The van der Waals surface area contributed by atoms with E-state index < -0.39 is 0 Å². The van der Waals surface area contributed by atoms with Gasteiger partial charge in [0.15, 0.2) is 0 Å². The van der Waals surface area contributed by atoms with E-state index in [1.807, 2.05) is 12.1 Å². The summed E-state index contributed by atoms with van der Waals surface area (Å²) in [6.07, 6.45) is 0. The normalized spacial score (nSPS) is 10.2. The molecule has 2 aromatic rings. The number of nitrogens with two attached hydrogens (primary N) is 1. The highest BCUT2D eigenvalue weighted by Crippen LogP contribution is 2.23. The standard InChI is InChI=1S/C13H11FN4S/c1-8-11(6-15)13(16)18-12(17-8)7-19-10-4-2-3-9(14)5-10/h2-5H,7H2,1H3,(H2,16,17,18). The second-order valence-electron chi connectivity index (χ2n) is 3.84. The topological polar surface area (TPSA) is 75.6 Å². The van der Waals surface area contributed by atoms with E-state index >= 15 is 0 Å². The second-order valence-corrected chi connectivity index (χ2v) is 4.89. The van der Waals surface area contributed by atoms with Crippen LogP contribution >= 0.6 is 11.8 Å². The second kappa shape index (κ2) is 5.67. The van der Waals surface area contributed by atoms with E-state index in [0.717, 1.165) is 4.90 Å². The fourth-order valence-corrected chi connectivity index (χ4v) is 2.36. The van der Waals surface area contributed by atoms with Crippen molar-refractivity contribution in [2.24, 2.45) is 0 Å². The molecule has 96 valence electrons. The van der Waals surface area contributed by atoms with Gasteiger partial charge in [0, 0.05) is 4.90 Å². The predicted octanol–water partition coefficient (Wildman–Crippen LogP) is 2.67. The largest absolute Gasteiger partial charge is 0.382 e. The van der Waals surface area contributed by atoms with Crippen molar-refractivity contribution in [1.82, 2.24) is 9.97 Å². The third kappa shape index (κ3) is 3.20. The molecule has 0 bridgehead atoms. The summed E-state index contributed by atoms with van der Waals surface area (Å²) in [5, 5.41) is 8.87. The third-order valence-corrected chi connectivity index (χ3v) is 3.43. The molecule has 0 aliphatic carbocycles. The SMILES string of the molecule is Cc1nc(CSc2cccc(F)c2)nc(N)c1C#N. The molecule has 1 aromatic heterocycles. The third-order valence-electron chi connectivity index (χ3n) is 2.44.